The van der Waals surface area contributed by atoms with Gasteiger partial charge in [0.2, 0.25) is 0 Å². The Morgan fingerprint density at radius 3 is 2.71 bits per heavy atom. The van der Waals surface area contributed by atoms with E-state index in [1.165, 1.54) is 7.11 Å². The maximum absolute atomic E-state index is 11.9. The lowest BCUT2D eigenvalue weighted by Gasteiger charge is -2.31. The van der Waals surface area contributed by atoms with Gasteiger partial charge in [-0.2, -0.15) is 0 Å². The second-order valence-corrected chi connectivity index (χ2v) is 5.06. The van der Waals surface area contributed by atoms with Gasteiger partial charge in [0.05, 0.1) is 12.7 Å². The van der Waals surface area contributed by atoms with Gasteiger partial charge in [-0.25, -0.2) is 4.79 Å². The topological polar surface area (TPSA) is 43.4 Å². The Bertz CT molecular complexity index is 486. The zero-order valence-corrected chi connectivity index (χ0v) is 10.4. The molecular weight excluding hydrogens is 216 g/mol. The molecule has 1 aromatic carbocycles. The van der Waals surface area contributed by atoms with Crippen LogP contribution in [-0.2, 0) is 10.2 Å². The van der Waals surface area contributed by atoms with Gasteiger partial charge in [0.25, 0.3) is 0 Å². The van der Waals surface area contributed by atoms with Gasteiger partial charge in [-0.05, 0) is 29.5 Å². The number of rotatable bonds is 1. The molecule has 0 radical (unpaired) electrons. The van der Waals surface area contributed by atoms with Crippen LogP contribution in [0.4, 0.5) is 0 Å². The third-order valence-corrected chi connectivity index (χ3v) is 3.45. The lowest BCUT2D eigenvalue weighted by Crippen LogP contribution is -2.27. The lowest BCUT2D eigenvalue weighted by atomic mass is 9.72. The number of hydrogen-bond donors (Lipinski definition) is 0. The van der Waals surface area contributed by atoms with Gasteiger partial charge in [-0.1, -0.05) is 19.9 Å². The number of hydrogen-bond acceptors (Lipinski definition) is 3. The molecule has 1 aliphatic carbocycles. The molecule has 1 aliphatic rings. The molecule has 0 spiro atoms. The van der Waals surface area contributed by atoms with Crippen LogP contribution in [-0.4, -0.2) is 18.9 Å². The molecule has 0 bridgehead atoms. The number of ether oxygens (including phenoxy) is 1. The zero-order valence-electron chi connectivity index (χ0n) is 10.4. The van der Waals surface area contributed by atoms with Crippen LogP contribution >= 0.6 is 0 Å². The van der Waals surface area contributed by atoms with E-state index in [2.05, 4.69) is 18.6 Å². The van der Waals surface area contributed by atoms with Gasteiger partial charge in [0.1, 0.15) is 0 Å². The van der Waals surface area contributed by atoms with Crippen LogP contribution in [0.2, 0.25) is 0 Å². The highest BCUT2D eigenvalue weighted by molar-refractivity contribution is 6.01. The highest BCUT2D eigenvalue weighted by Gasteiger charge is 2.32. The van der Waals surface area contributed by atoms with Gasteiger partial charge in [-0.3, -0.25) is 4.79 Å². The third kappa shape index (κ3) is 1.97. The van der Waals surface area contributed by atoms with Crippen molar-refractivity contribution >= 4 is 11.8 Å². The van der Waals surface area contributed by atoms with Crippen molar-refractivity contribution in [1.82, 2.24) is 0 Å². The molecule has 0 atom stereocenters. The SMILES string of the molecule is COC(=O)c1ccc2c(c1)C(=O)CCC2(C)C. The molecule has 17 heavy (non-hydrogen) atoms. The number of methoxy groups -OCH3 is 1. The highest BCUT2D eigenvalue weighted by Crippen LogP contribution is 2.36. The Hall–Kier alpha value is -1.64. The van der Waals surface area contributed by atoms with E-state index < -0.39 is 5.97 Å². The molecule has 0 fully saturated rings. The maximum Gasteiger partial charge on any atom is 0.337 e. The quantitative estimate of drug-likeness (QED) is 0.699. The number of carbonyl (C=O) groups excluding carboxylic acids is 2. The number of benzene rings is 1. The van der Waals surface area contributed by atoms with E-state index in [1.54, 1.807) is 12.1 Å². The first-order valence-corrected chi connectivity index (χ1v) is 5.72. The minimum atomic E-state index is -0.399. The molecule has 0 saturated carbocycles. The number of esters is 1. The van der Waals surface area contributed by atoms with Crippen molar-refractivity contribution in [1.29, 1.82) is 0 Å². The fourth-order valence-electron chi connectivity index (χ4n) is 2.31. The van der Waals surface area contributed by atoms with Crippen molar-refractivity contribution in [3.63, 3.8) is 0 Å². The summed E-state index contributed by atoms with van der Waals surface area (Å²) >= 11 is 0. The van der Waals surface area contributed by atoms with E-state index in [1.807, 2.05) is 6.07 Å². The van der Waals surface area contributed by atoms with Gasteiger partial charge in [0, 0.05) is 12.0 Å². The van der Waals surface area contributed by atoms with Crippen LogP contribution in [0.1, 0.15) is 53.0 Å². The molecule has 0 unspecified atom stereocenters. The van der Waals surface area contributed by atoms with Crippen molar-refractivity contribution in [3.8, 4) is 0 Å². The van der Waals surface area contributed by atoms with Crippen molar-refractivity contribution in [2.45, 2.75) is 32.1 Å². The van der Waals surface area contributed by atoms with Crippen LogP contribution in [0.25, 0.3) is 0 Å². The molecule has 0 amide bonds. The number of Topliss-reactive ketones (excluding diaryl/α,β-unsaturated/α-hetero) is 1. The summed E-state index contributed by atoms with van der Waals surface area (Å²) in [5, 5.41) is 0. The molecule has 0 aromatic heterocycles. The normalized spacial score (nSPS) is 17.5. The van der Waals surface area contributed by atoms with Crippen LogP contribution < -0.4 is 0 Å². The Kier molecular flexibility index (Phi) is 2.77. The molecule has 2 rings (SSSR count). The summed E-state index contributed by atoms with van der Waals surface area (Å²) in [5.74, 6) is -0.283. The number of ketones is 1. The first-order valence-electron chi connectivity index (χ1n) is 5.72. The van der Waals surface area contributed by atoms with Gasteiger partial charge in [-0.15, -0.1) is 0 Å². The molecule has 0 heterocycles. The summed E-state index contributed by atoms with van der Waals surface area (Å²) in [6.45, 7) is 4.24. The van der Waals surface area contributed by atoms with Crippen LogP contribution in [0.3, 0.4) is 0 Å². The summed E-state index contributed by atoms with van der Waals surface area (Å²) < 4.78 is 4.66. The minimum absolute atomic E-state index is 0.00209. The van der Waals surface area contributed by atoms with Crippen molar-refractivity contribution in [2.24, 2.45) is 0 Å². The Morgan fingerprint density at radius 1 is 1.35 bits per heavy atom. The fourth-order valence-corrected chi connectivity index (χ4v) is 2.31. The molecule has 0 saturated heterocycles. The van der Waals surface area contributed by atoms with Gasteiger partial charge >= 0.3 is 5.97 Å². The Balaban J connectivity index is 2.54. The fraction of sp³-hybridized carbons (Fsp3) is 0.429. The number of carbonyl (C=O) groups is 2. The van der Waals surface area contributed by atoms with Gasteiger partial charge < -0.3 is 4.74 Å². The highest BCUT2D eigenvalue weighted by atomic mass is 16.5. The summed E-state index contributed by atoms with van der Waals surface area (Å²) in [4.78, 5) is 23.3. The molecule has 3 heteroatoms. The molecule has 3 nitrogen and oxygen atoms in total. The van der Waals surface area contributed by atoms with Crippen LogP contribution in [0.5, 0.6) is 0 Å². The summed E-state index contributed by atoms with van der Waals surface area (Å²) in [6, 6.07) is 5.26. The molecule has 0 N–H and O–H groups in total. The van der Waals surface area contributed by atoms with Crippen molar-refractivity contribution < 1.29 is 14.3 Å². The Labute approximate surface area is 101 Å². The predicted molar refractivity (Wildman–Crippen MR) is 64.4 cm³/mol. The average molecular weight is 232 g/mol. The van der Waals surface area contributed by atoms with Crippen LogP contribution in [0, 0.1) is 0 Å². The van der Waals surface area contributed by atoms with E-state index in [0.717, 1.165) is 12.0 Å². The Morgan fingerprint density at radius 2 is 2.06 bits per heavy atom. The van der Waals surface area contributed by atoms with Gasteiger partial charge in [0.15, 0.2) is 5.78 Å². The van der Waals surface area contributed by atoms with E-state index in [4.69, 9.17) is 0 Å². The third-order valence-electron chi connectivity index (χ3n) is 3.45. The number of fused-ring (bicyclic) bond motifs is 1. The largest absolute Gasteiger partial charge is 0.465 e. The standard InChI is InChI=1S/C14H16O3/c1-14(2)7-6-12(15)10-8-9(13(16)17-3)4-5-11(10)14/h4-5,8H,6-7H2,1-3H3. The monoisotopic (exact) mass is 232 g/mol. The lowest BCUT2D eigenvalue weighted by molar-refractivity contribution is 0.0600. The second-order valence-electron chi connectivity index (χ2n) is 5.06. The minimum Gasteiger partial charge on any atom is -0.465 e. The van der Waals surface area contributed by atoms with E-state index in [9.17, 15) is 9.59 Å². The predicted octanol–water partition coefficient (Wildman–Crippen LogP) is 2.73. The van der Waals surface area contributed by atoms with E-state index in [0.29, 0.717) is 17.5 Å². The average Bonchev–Trinajstić information content (AvgIpc) is 2.33. The molecule has 90 valence electrons. The zero-order chi connectivity index (χ0) is 12.6. The molecule has 1 aromatic rings. The summed E-state index contributed by atoms with van der Waals surface area (Å²) in [7, 11) is 1.34. The summed E-state index contributed by atoms with van der Waals surface area (Å²) in [5.41, 5.74) is 2.14. The first-order chi connectivity index (χ1) is 7.95. The first kappa shape index (κ1) is 11.8. The van der Waals surface area contributed by atoms with E-state index >= 15 is 0 Å². The van der Waals surface area contributed by atoms with E-state index in [-0.39, 0.29) is 11.2 Å². The second kappa shape index (κ2) is 3.99. The maximum atomic E-state index is 11.9. The molecule has 0 aliphatic heterocycles. The smallest absolute Gasteiger partial charge is 0.337 e. The van der Waals surface area contributed by atoms with Crippen molar-refractivity contribution in [3.05, 3.63) is 34.9 Å². The molecular formula is C14H16O3. The van der Waals surface area contributed by atoms with Crippen molar-refractivity contribution in [2.75, 3.05) is 7.11 Å². The van der Waals surface area contributed by atoms with Crippen LogP contribution in [0.15, 0.2) is 18.2 Å². The summed E-state index contributed by atoms with van der Waals surface area (Å²) in [6.07, 6.45) is 1.40.